The minimum atomic E-state index is -4.95. The predicted octanol–water partition coefficient (Wildman–Crippen LogP) is 1.22. The molecule has 0 aliphatic carbocycles. The molecular weight excluding hydrogens is 595 g/mol. The average molecular weight is 622 g/mol. The second-order valence-corrected chi connectivity index (χ2v) is 9.54. The number of hydrogen-bond donors (Lipinski definition) is 6. The standard InChI is InChI=1S/C27H26F3N5O9/c1-13(37)31-22-19(10-21(26(41)42)43-24(22)23(39)20(38)12-36)35-11-18(33-34-35)16-7-2-3-8-17(16)32-25(40)14-5-4-6-15(9-14)44-27(28,29)30/h2-11,19-20,22-24,36,38-39H,12H2,1H3,(H,31,37)(H,32,40)(H,41,42)/t19-,20+,22+,23+,24+/m0/s1. The maximum absolute atomic E-state index is 12.9. The number of alkyl halides is 3. The number of carboxylic acids is 1. The summed E-state index contributed by atoms with van der Waals surface area (Å²) in [5, 5.41) is 52.8. The van der Waals surface area contributed by atoms with Crippen LogP contribution in [0.25, 0.3) is 11.3 Å². The summed E-state index contributed by atoms with van der Waals surface area (Å²) >= 11 is 0. The predicted molar refractivity (Wildman–Crippen MR) is 143 cm³/mol. The van der Waals surface area contributed by atoms with E-state index in [1.54, 1.807) is 18.2 Å². The molecule has 14 nitrogen and oxygen atoms in total. The number of halogens is 3. The molecule has 4 rings (SSSR count). The van der Waals surface area contributed by atoms with Gasteiger partial charge in [-0.2, -0.15) is 0 Å². The highest BCUT2D eigenvalue weighted by Gasteiger charge is 2.44. The quantitative estimate of drug-likeness (QED) is 0.190. The van der Waals surface area contributed by atoms with Gasteiger partial charge in [0.05, 0.1) is 30.6 Å². The van der Waals surface area contributed by atoms with Crippen molar-refractivity contribution < 1.29 is 57.5 Å². The highest BCUT2D eigenvalue weighted by molar-refractivity contribution is 6.06. The number of nitrogens with one attached hydrogen (secondary N) is 2. The Hall–Kier alpha value is -5.00. The second-order valence-electron chi connectivity index (χ2n) is 9.54. The molecule has 0 saturated heterocycles. The fraction of sp³-hybridized carbons (Fsp3) is 0.296. The smallest absolute Gasteiger partial charge is 0.478 e. The first kappa shape index (κ1) is 31.9. The average Bonchev–Trinajstić information content (AvgIpc) is 3.45. The summed E-state index contributed by atoms with van der Waals surface area (Å²) in [6, 6.07) is 8.38. The number of carbonyl (C=O) groups excluding carboxylic acids is 2. The van der Waals surface area contributed by atoms with E-state index in [0.29, 0.717) is 5.56 Å². The Kier molecular flexibility index (Phi) is 9.51. The normalized spacial score (nSPS) is 19.6. The van der Waals surface area contributed by atoms with Gasteiger partial charge in [0.1, 0.15) is 29.8 Å². The number of amides is 2. The number of hydrogen-bond acceptors (Lipinski definition) is 10. The first-order chi connectivity index (χ1) is 20.8. The molecule has 6 N–H and O–H groups in total. The molecule has 0 fully saturated rings. The molecule has 1 aliphatic rings. The third-order valence-electron chi connectivity index (χ3n) is 6.40. The van der Waals surface area contributed by atoms with Crippen molar-refractivity contribution in [3.8, 4) is 17.0 Å². The fourth-order valence-corrected chi connectivity index (χ4v) is 4.48. The summed E-state index contributed by atoms with van der Waals surface area (Å²) in [6.07, 6.45) is -7.60. The molecule has 44 heavy (non-hydrogen) atoms. The minimum absolute atomic E-state index is 0.133. The van der Waals surface area contributed by atoms with Crippen LogP contribution < -0.4 is 15.4 Å². The van der Waals surface area contributed by atoms with Crippen LogP contribution >= 0.6 is 0 Å². The van der Waals surface area contributed by atoms with Crippen LogP contribution in [0.15, 0.2) is 66.6 Å². The number of anilines is 1. The van der Waals surface area contributed by atoms with Crippen LogP contribution in [0.4, 0.5) is 18.9 Å². The molecule has 0 spiro atoms. The van der Waals surface area contributed by atoms with Crippen molar-refractivity contribution in [1.29, 1.82) is 0 Å². The summed E-state index contributed by atoms with van der Waals surface area (Å²) in [5.74, 6) is -4.10. The number of aliphatic hydroxyl groups excluding tert-OH is 3. The zero-order chi connectivity index (χ0) is 32.2. The van der Waals surface area contributed by atoms with Crippen LogP contribution in [0.2, 0.25) is 0 Å². The third kappa shape index (κ3) is 7.49. The lowest BCUT2D eigenvalue weighted by Gasteiger charge is -2.39. The molecule has 0 saturated carbocycles. The molecular formula is C27H26F3N5O9. The number of benzene rings is 2. The number of para-hydroxylation sites is 1. The Bertz CT molecular complexity index is 1560. The number of aliphatic hydroxyl groups is 3. The Morgan fingerprint density at radius 2 is 1.86 bits per heavy atom. The second kappa shape index (κ2) is 13.1. The van der Waals surface area contributed by atoms with E-state index in [0.717, 1.165) is 25.1 Å². The topological polar surface area (TPSA) is 205 Å². The van der Waals surface area contributed by atoms with E-state index in [2.05, 4.69) is 25.7 Å². The van der Waals surface area contributed by atoms with E-state index >= 15 is 0 Å². The van der Waals surface area contributed by atoms with Crippen LogP contribution in [0.3, 0.4) is 0 Å². The number of carbonyl (C=O) groups is 3. The van der Waals surface area contributed by atoms with Crippen molar-refractivity contribution in [2.24, 2.45) is 0 Å². The molecule has 0 bridgehead atoms. The van der Waals surface area contributed by atoms with Crippen molar-refractivity contribution in [3.05, 3.63) is 72.1 Å². The van der Waals surface area contributed by atoms with E-state index in [1.165, 1.54) is 29.1 Å². The van der Waals surface area contributed by atoms with Gasteiger partial charge < -0.3 is 40.5 Å². The van der Waals surface area contributed by atoms with Gasteiger partial charge in [-0.1, -0.05) is 29.5 Å². The lowest BCUT2D eigenvalue weighted by atomic mass is 9.92. The third-order valence-corrected chi connectivity index (χ3v) is 6.40. The van der Waals surface area contributed by atoms with Gasteiger partial charge in [0.15, 0.2) is 0 Å². The molecule has 17 heteroatoms. The lowest BCUT2D eigenvalue weighted by molar-refractivity contribution is -0.274. The number of rotatable bonds is 10. The van der Waals surface area contributed by atoms with Crippen molar-refractivity contribution in [2.45, 2.75) is 43.7 Å². The van der Waals surface area contributed by atoms with Crippen LogP contribution in [0.5, 0.6) is 5.75 Å². The summed E-state index contributed by atoms with van der Waals surface area (Å²) in [5.41, 5.74) is 0.526. The van der Waals surface area contributed by atoms with Gasteiger partial charge in [-0.3, -0.25) is 9.59 Å². The maximum Gasteiger partial charge on any atom is 0.573 e. The van der Waals surface area contributed by atoms with Gasteiger partial charge in [-0.15, -0.1) is 18.3 Å². The Balaban J connectivity index is 1.67. The van der Waals surface area contributed by atoms with Gasteiger partial charge in [0.25, 0.3) is 5.91 Å². The van der Waals surface area contributed by atoms with E-state index in [4.69, 9.17) is 4.74 Å². The first-order valence-corrected chi connectivity index (χ1v) is 12.8. The zero-order valence-corrected chi connectivity index (χ0v) is 22.7. The Morgan fingerprint density at radius 3 is 2.52 bits per heavy atom. The van der Waals surface area contributed by atoms with Crippen LogP contribution in [-0.4, -0.2) is 90.5 Å². The van der Waals surface area contributed by atoms with Gasteiger partial charge in [-0.05, 0) is 30.3 Å². The van der Waals surface area contributed by atoms with E-state index in [9.17, 15) is 48.0 Å². The van der Waals surface area contributed by atoms with Crippen molar-refractivity contribution in [3.63, 3.8) is 0 Å². The Labute approximate surface area is 246 Å². The van der Waals surface area contributed by atoms with Gasteiger partial charge in [-0.25, -0.2) is 9.48 Å². The zero-order valence-electron chi connectivity index (χ0n) is 22.7. The number of carboxylic acid groups (broad SMARTS) is 1. The SMILES string of the molecule is CC(=O)N[C@H]1[C@H]([C@H](O)[C@H](O)CO)OC(C(=O)O)=C[C@@H]1n1cc(-c2ccccc2NC(=O)c2cccc(OC(F)(F)F)c2)nn1. The molecule has 2 amide bonds. The van der Waals surface area contributed by atoms with Crippen molar-refractivity contribution >= 4 is 23.5 Å². The van der Waals surface area contributed by atoms with Crippen LogP contribution in [-0.2, 0) is 14.3 Å². The Morgan fingerprint density at radius 1 is 1.14 bits per heavy atom. The number of nitrogens with zero attached hydrogens (tertiary/aromatic N) is 3. The monoisotopic (exact) mass is 621 g/mol. The van der Waals surface area contributed by atoms with E-state index in [1.807, 2.05) is 0 Å². The lowest BCUT2D eigenvalue weighted by Crippen LogP contribution is -2.58. The van der Waals surface area contributed by atoms with E-state index in [-0.39, 0.29) is 16.9 Å². The molecule has 0 radical (unpaired) electrons. The van der Waals surface area contributed by atoms with Crippen molar-refractivity contribution in [1.82, 2.24) is 20.3 Å². The molecule has 0 unspecified atom stereocenters. The molecule has 2 aromatic carbocycles. The number of ether oxygens (including phenoxy) is 2. The van der Waals surface area contributed by atoms with Gasteiger partial charge in [0.2, 0.25) is 11.7 Å². The van der Waals surface area contributed by atoms with Gasteiger partial charge >= 0.3 is 12.3 Å². The summed E-state index contributed by atoms with van der Waals surface area (Å²) in [4.78, 5) is 36.8. The molecule has 5 atom stereocenters. The first-order valence-electron chi connectivity index (χ1n) is 12.8. The molecule has 3 aromatic rings. The summed E-state index contributed by atoms with van der Waals surface area (Å²) in [7, 11) is 0. The maximum atomic E-state index is 12.9. The largest absolute Gasteiger partial charge is 0.573 e. The van der Waals surface area contributed by atoms with Crippen LogP contribution in [0.1, 0.15) is 23.3 Å². The molecule has 234 valence electrons. The van der Waals surface area contributed by atoms with E-state index < -0.39 is 72.7 Å². The number of aliphatic carboxylic acids is 1. The fourth-order valence-electron chi connectivity index (χ4n) is 4.48. The van der Waals surface area contributed by atoms with Crippen molar-refractivity contribution in [2.75, 3.05) is 11.9 Å². The highest BCUT2D eigenvalue weighted by atomic mass is 19.4. The highest BCUT2D eigenvalue weighted by Crippen LogP contribution is 2.32. The summed E-state index contributed by atoms with van der Waals surface area (Å²) < 4.78 is 48.3. The molecule has 1 aliphatic heterocycles. The minimum Gasteiger partial charge on any atom is -0.478 e. The van der Waals surface area contributed by atoms with Gasteiger partial charge in [0, 0.05) is 18.1 Å². The van der Waals surface area contributed by atoms with Crippen LogP contribution in [0, 0.1) is 0 Å². The summed E-state index contributed by atoms with van der Waals surface area (Å²) in [6.45, 7) is 0.274. The molecule has 2 heterocycles. The number of aromatic nitrogens is 3. The molecule has 1 aromatic heterocycles.